The number of aryl methyl sites for hydroxylation is 1. The van der Waals surface area contributed by atoms with Crippen LogP contribution in [0.3, 0.4) is 0 Å². The van der Waals surface area contributed by atoms with Crippen LogP contribution >= 0.6 is 11.6 Å². The van der Waals surface area contributed by atoms with Crippen LogP contribution in [-0.4, -0.2) is 27.5 Å². The molecule has 0 aliphatic heterocycles. The number of aliphatic carboxylic acids is 1. The van der Waals surface area contributed by atoms with Crippen molar-refractivity contribution in [2.75, 3.05) is 6.61 Å². The summed E-state index contributed by atoms with van der Waals surface area (Å²) in [5.41, 5.74) is 1.81. The number of hydrogen-bond donors (Lipinski definition) is 1. The summed E-state index contributed by atoms with van der Waals surface area (Å²) in [5.74, 6) is -0.688. The van der Waals surface area contributed by atoms with Crippen LogP contribution in [0.15, 0.2) is 30.5 Å². The maximum Gasteiger partial charge on any atom is 0.341 e. The van der Waals surface area contributed by atoms with Crippen molar-refractivity contribution < 1.29 is 14.6 Å². The Hall–Kier alpha value is -2.01. The van der Waals surface area contributed by atoms with Crippen LogP contribution in [0.1, 0.15) is 0 Å². The van der Waals surface area contributed by atoms with E-state index in [0.717, 1.165) is 11.3 Å². The van der Waals surface area contributed by atoms with Gasteiger partial charge in [0.05, 0.1) is 10.7 Å². The Morgan fingerprint density at radius 1 is 1.50 bits per heavy atom. The number of hydrogen-bond acceptors (Lipinski definition) is 3. The second-order valence-electron chi connectivity index (χ2n) is 3.67. The Labute approximate surface area is 109 Å². The summed E-state index contributed by atoms with van der Waals surface area (Å²) in [6, 6.07) is 7.03. The minimum Gasteiger partial charge on any atom is -0.480 e. The van der Waals surface area contributed by atoms with E-state index in [2.05, 4.69) is 5.10 Å². The van der Waals surface area contributed by atoms with E-state index in [0.29, 0.717) is 10.8 Å². The fourth-order valence-corrected chi connectivity index (χ4v) is 1.81. The predicted octanol–water partition coefficient (Wildman–Crippen LogP) is 2.20. The third-order valence-electron chi connectivity index (χ3n) is 2.40. The van der Waals surface area contributed by atoms with Crippen molar-refractivity contribution in [1.82, 2.24) is 9.78 Å². The van der Waals surface area contributed by atoms with E-state index in [4.69, 9.17) is 21.4 Å². The molecule has 0 aliphatic carbocycles. The topological polar surface area (TPSA) is 64.4 Å². The molecule has 18 heavy (non-hydrogen) atoms. The Morgan fingerprint density at radius 3 is 2.83 bits per heavy atom. The van der Waals surface area contributed by atoms with Gasteiger partial charge in [-0.15, -0.1) is 0 Å². The normalized spacial score (nSPS) is 10.3. The number of benzene rings is 1. The maximum absolute atomic E-state index is 10.4. The zero-order valence-corrected chi connectivity index (χ0v) is 10.4. The standard InChI is InChI=1S/C12H11ClN2O3/c1-15-10(4-5-14-15)8-2-3-11(9(13)6-8)18-7-12(16)17/h2-6H,7H2,1H3,(H,16,17). The molecular formula is C12H11ClN2O3. The van der Waals surface area contributed by atoms with Crippen molar-refractivity contribution in [1.29, 1.82) is 0 Å². The van der Waals surface area contributed by atoms with Crippen LogP contribution in [0.4, 0.5) is 0 Å². The summed E-state index contributed by atoms with van der Waals surface area (Å²) in [4.78, 5) is 10.4. The van der Waals surface area contributed by atoms with E-state index in [1.54, 1.807) is 29.1 Å². The molecule has 0 spiro atoms. The molecular weight excluding hydrogens is 256 g/mol. The second kappa shape index (κ2) is 5.10. The monoisotopic (exact) mass is 266 g/mol. The number of rotatable bonds is 4. The number of aromatic nitrogens is 2. The quantitative estimate of drug-likeness (QED) is 0.921. The molecule has 0 saturated heterocycles. The average Bonchev–Trinajstić information content (AvgIpc) is 2.73. The van der Waals surface area contributed by atoms with Gasteiger partial charge >= 0.3 is 5.97 Å². The van der Waals surface area contributed by atoms with E-state index >= 15 is 0 Å². The number of carbonyl (C=O) groups is 1. The molecule has 0 atom stereocenters. The van der Waals surface area contributed by atoms with E-state index in [1.807, 2.05) is 13.1 Å². The Morgan fingerprint density at radius 2 is 2.28 bits per heavy atom. The summed E-state index contributed by atoms with van der Waals surface area (Å²) in [6.45, 7) is -0.412. The van der Waals surface area contributed by atoms with Crippen LogP contribution < -0.4 is 4.74 Å². The lowest BCUT2D eigenvalue weighted by atomic mass is 10.1. The molecule has 2 rings (SSSR count). The zero-order valence-electron chi connectivity index (χ0n) is 9.63. The van der Waals surface area contributed by atoms with E-state index < -0.39 is 12.6 Å². The third kappa shape index (κ3) is 2.62. The number of nitrogens with zero attached hydrogens (tertiary/aromatic N) is 2. The Balaban J connectivity index is 2.25. The molecule has 2 aromatic rings. The molecule has 5 nitrogen and oxygen atoms in total. The van der Waals surface area contributed by atoms with Crippen molar-refractivity contribution in [3.05, 3.63) is 35.5 Å². The van der Waals surface area contributed by atoms with Gasteiger partial charge in [0, 0.05) is 18.8 Å². The fraction of sp³-hybridized carbons (Fsp3) is 0.167. The van der Waals surface area contributed by atoms with Crippen molar-refractivity contribution in [2.24, 2.45) is 7.05 Å². The molecule has 94 valence electrons. The van der Waals surface area contributed by atoms with Gasteiger partial charge in [0.25, 0.3) is 0 Å². The molecule has 0 bridgehead atoms. The van der Waals surface area contributed by atoms with Crippen LogP contribution in [-0.2, 0) is 11.8 Å². The highest BCUT2D eigenvalue weighted by atomic mass is 35.5. The fourth-order valence-electron chi connectivity index (χ4n) is 1.57. The average molecular weight is 267 g/mol. The van der Waals surface area contributed by atoms with Gasteiger partial charge in [-0.25, -0.2) is 4.79 Å². The van der Waals surface area contributed by atoms with Gasteiger partial charge < -0.3 is 9.84 Å². The zero-order chi connectivity index (χ0) is 13.1. The lowest BCUT2D eigenvalue weighted by Crippen LogP contribution is -2.09. The second-order valence-corrected chi connectivity index (χ2v) is 4.07. The van der Waals surface area contributed by atoms with Gasteiger partial charge in [-0.05, 0) is 24.3 Å². The first-order chi connectivity index (χ1) is 8.58. The summed E-state index contributed by atoms with van der Waals surface area (Å²) in [6.07, 6.45) is 1.69. The molecule has 6 heteroatoms. The van der Waals surface area contributed by atoms with Gasteiger partial charge in [-0.3, -0.25) is 4.68 Å². The smallest absolute Gasteiger partial charge is 0.341 e. The van der Waals surface area contributed by atoms with Crippen molar-refractivity contribution in [3.8, 4) is 17.0 Å². The molecule has 0 fully saturated rings. The largest absolute Gasteiger partial charge is 0.480 e. The summed E-state index contributed by atoms with van der Waals surface area (Å²) in [5, 5.41) is 13.0. The van der Waals surface area contributed by atoms with Gasteiger partial charge in [0.15, 0.2) is 6.61 Å². The minimum atomic E-state index is -1.04. The van der Waals surface area contributed by atoms with Crippen LogP contribution in [0.2, 0.25) is 5.02 Å². The maximum atomic E-state index is 10.4. The van der Waals surface area contributed by atoms with Gasteiger partial charge in [-0.1, -0.05) is 11.6 Å². The van der Waals surface area contributed by atoms with Crippen LogP contribution in [0, 0.1) is 0 Å². The lowest BCUT2D eigenvalue weighted by Gasteiger charge is -2.08. The molecule has 1 aromatic carbocycles. The highest BCUT2D eigenvalue weighted by Crippen LogP contribution is 2.30. The molecule has 0 amide bonds. The van der Waals surface area contributed by atoms with Crippen molar-refractivity contribution in [2.45, 2.75) is 0 Å². The molecule has 1 aromatic heterocycles. The minimum absolute atomic E-state index is 0.352. The number of carboxylic acid groups (broad SMARTS) is 1. The molecule has 0 saturated carbocycles. The number of halogens is 1. The molecule has 0 radical (unpaired) electrons. The third-order valence-corrected chi connectivity index (χ3v) is 2.70. The van der Waals surface area contributed by atoms with Crippen molar-refractivity contribution >= 4 is 17.6 Å². The number of carboxylic acids is 1. The first-order valence-corrected chi connectivity index (χ1v) is 5.58. The number of ether oxygens (including phenoxy) is 1. The van der Waals surface area contributed by atoms with Gasteiger partial charge in [-0.2, -0.15) is 5.10 Å². The van der Waals surface area contributed by atoms with Gasteiger partial charge in [0.1, 0.15) is 5.75 Å². The predicted molar refractivity (Wildman–Crippen MR) is 66.8 cm³/mol. The highest BCUT2D eigenvalue weighted by Gasteiger charge is 2.08. The SMILES string of the molecule is Cn1nccc1-c1ccc(OCC(=O)O)c(Cl)c1. The van der Waals surface area contributed by atoms with Crippen molar-refractivity contribution in [3.63, 3.8) is 0 Å². The first kappa shape index (κ1) is 12.4. The molecule has 1 N–H and O–H groups in total. The van der Waals surface area contributed by atoms with Crippen LogP contribution in [0.25, 0.3) is 11.3 Å². The molecule has 1 heterocycles. The lowest BCUT2D eigenvalue weighted by molar-refractivity contribution is -0.139. The van der Waals surface area contributed by atoms with Crippen LogP contribution in [0.5, 0.6) is 5.75 Å². The van der Waals surface area contributed by atoms with E-state index in [9.17, 15) is 4.79 Å². The summed E-state index contributed by atoms with van der Waals surface area (Å²) < 4.78 is 6.77. The first-order valence-electron chi connectivity index (χ1n) is 5.20. The molecule has 0 aliphatic rings. The van der Waals surface area contributed by atoms with E-state index in [-0.39, 0.29) is 0 Å². The Bertz CT molecular complexity index is 580. The van der Waals surface area contributed by atoms with E-state index in [1.165, 1.54) is 0 Å². The summed E-state index contributed by atoms with van der Waals surface area (Å²) >= 11 is 6.03. The van der Waals surface area contributed by atoms with Gasteiger partial charge in [0.2, 0.25) is 0 Å². The highest BCUT2D eigenvalue weighted by molar-refractivity contribution is 6.32. The summed E-state index contributed by atoms with van der Waals surface area (Å²) in [7, 11) is 1.83. The molecule has 0 unspecified atom stereocenters. The Kier molecular flexibility index (Phi) is 3.53.